The van der Waals surface area contributed by atoms with Gasteiger partial charge in [-0.3, -0.25) is 9.59 Å². The number of carbonyl (C=O) groups is 2. The van der Waals surface area contributed by atoms with Crippen LogP contribution in [0.25, 0.3) is 0 Å². The van der Waals surface area contributed by atoms with Gasteiger partial charge < -0.3 is 15.5 Å². The van der Waals surface area contributed by atoms with Crippen molar-refractivity contribution in [2.24, 2.45) is 17.6 Å². The molecule has 3 aliphatic rings. The van der Waals surface area contributed by atoms with Crippen LogP contribution in [0.4, 0.5) is 0 Å². The topological polar surface area (TPSA) is 66.6 Å². The predicted molar refractivity (Wildman–Crippen MR) is 89.7 cm³/mol. The molecule has 2 amide bonds. The molecule has 2 aliphatic carbocycles. The average molecular weight is 321 g/mol. The summed E-state index contributed by atoms with van der Waals surface area (Å²) in [7, 11) is 0. The van der Waals surface area contributed by atoms with Crippen LogP contribution >= 0.6 is 0 Å². The van der Waals surface area contributed by atoms with E-state index >= 15 is 0 Å². The highest BCUT2D eigenvalue weighted by molar-refractivity contribution is 5.81. The second kappa shape index (κ2) is 7.65. The maximum absolute atomic E-state index is 12.6. The van der Waals surface area contributed by atoms with Gasteiger partial charge in [-0.25, -0.2) is 0 Å². The first-order valence-electron chi connectivity index (χ1n) is 9.48. The number of carbonyl (C=O) groups excluding carboxylic acids is 2. The van der Waals surface area contributed by atoms with Crippen LogP contribution in [0.1, 0.15) is 57.8 Å². The first-order chi connectivity index (χ1) is 11.1. The molecule has 0 spiro atoms. The van der Waals surface area contributed by atoms with Gasteiger partial charge in [-0.1, -0.05) is 25.7 Å². The monoisotopic (exact) mass is 321 g/mol. The number of rotatable bonds is 2. The second-order valence-electron chi connectivity index (χ2n) is 7.61. The van der Waals surface area contributed by atoms with Crippen LogP contribution in [0.2, 0.25) is 0 Å². The first kappa shape index (κ1) is 16.7. The van der Waals surface area contributed by atoms with Crippen LogP contribution < -0.4 is 5.73 Å². The minimum absolute atomic E-state index is 0.111. The van der Waals surface area contributed by atoms with Gasteiger partial charge in [0.2, 0.25) is 11.8 Å². The number of piperazine rings is 1. The molecule has 0 radical (unpaired) electrons. The maximum atomic E-state index is 12.6. The highest BCUT2D eigenvalue weighted by Gasteiger charge is 2.33. The minimum Gasteiger partial charge on any atom is -0.339 e. The van der Waals surface area contributed by atoms with E-state index in [-0.39, 0.29) is 23.8 Å². The number of nitrogens with two attached hydrogens (primary N) is 1. The molecule has 130 valence electrons. The molecule has 0 aromatic heterocycles. The van der Waals surface area contributed by atoms with Crippen molar-refractivity contribution in [3.8, 4) is 0 Å². The molecule has 3 rings (SSSR count). The third kappa shape index (κ3) is 4.06. The van der Waals surface area contributed by atoms with E-state index in [2.05, 4.69) is 0 Å². The summed E-state index contributed by atoms with van der Waals surface area (Å²) in [6, 6.07) is 0.187. The van der Waals surface area contributed by atoms with Gasteiger partial charge in [0.1, 0.15) is 0 Å². The van der Waals surface area contributed by atoms with Crippen molar-refractivity contribution in [1.82, 2.24) is 9.80 Å². The molecular formula is C18H31N3O2. The molecule has 1 heterocycles. The van der Waals surface area contributed by atoms with E-state index in [1.807, 2.05) is 9.80 Å². The van der Waals surface area contributed by atoms with Gasteiger partial charge >= 0.3 is 0 Å². The van der Waals surface area contributed by atoms with Crippen LogP contribution in [-0.4, -0.2) is 53.8 Å². The van der Waals surface area contributed by atoms with Gasteiger partial charge in [-0.05, 0) is 32.1 Å². The number of nitrogens with zero attached hydrogens (tertiary/aromatic N) is 2. The van der Waals surface area contributed by atoms with Crippen molar-refractivity contribution >= 4 is 11.8 Å². The Labute approximate surface area is 139 Å². The Kier molecular flexibility index (Phi) is 5.57. The minimum atomic E-state index is 0.111. The summed E-state index contributed by atoms with van der Waals surface area (Å²) in [5, 5.41) is 0. The van der Waals surface area contributed by atoms with Gasteiger partial charge in [0, 0.05) is 44.1 Å². The van der Waals surface area contributed by atoms with E-state index in [1.54, 1.807) is 0 Å². The average Bonchev–Trinajstić information content (AvgIpc) is 2.61. The maximum Gasteiger partial charge on any atom is 0.225 e. The lowest BCUT2D eigenvalue weighted by atomic mass is 9.85. The summed E-state index contributed by atoms with van der Waals surface area (Å²) in [6.07, 6.45) is 9.69. The highest BCUT2D eigenvalue weighted by atomic mass is 16.2. The third-order valence-corrected chi connectivity index (χ3v) is 5.92. The molecule has 2 saturated carbocycles. The van der Waals surface area contributed by atoms with Crippen molar-refractivity contribution < 1.29 is 9.59 Å². The fraction of sp³-hybridized carbons (Fsp3) is 0.889. The summed E-state index contributed by atoms with van der Waals surface area (Å²) < 4.78 is 0. The Morgan fingerprint density at radius 3 is 1.78 bits per heavy atom. The SMILES string of the molecule is NC1CCCC(C(=O)N2CCN(C(=O)C3CCCCC3)CC2)C1. The molecule has 1 saturated heterocycles. The molecule has 0 bridgehead atoms. The Bertz CT molecular complexity index is 426. The summed E-state index contributed by atoms with van der Waals surface area (Å²) in [6.45, 7) is 2.81. The molecular weight excluding hydrogens is 290 g/mol. The summed E-state index contributed by atoms with van der Waals surface area (Å²) in [5.74, 6) is 0.947. The molecule has 0 aromatic rings. The van der Waals surface area contributed by atoms with Crippen molar-refractivity contribution in [2.45, 2.75) is 63.8 Å². The Morgan fingerprint density at radius 1 is 0.696 bits per heavy atom. The van der Waals surface area contributed by atoms with Crippen molar-refractivity contribution in [1.29, 1.82) is 0 Å². The molecule has 23 heavy (non-hydrogen) atoms. The van der Waals surface area contributed by atoms with Crippen LogP contribution in [-0.2, 0) is 9.59 Å². The molecule has 1 aliphatic heterocycles. The van der Waals surface area contributed by atoms with Gasteiger partial charge in [-0.2, -0.15) is 0 Å². The number of hydrogen-bond donors (Lipinski definition) is 1. The van der Waals surface area contributed by atoms with E-state index in [0.29, 0.717) is 32.1 Å². The van der Waals surface area contributed by atoms with E-state index in [9.17, 15) is 9.59 Å². The van der Waals surface area contributed by atoms with Crippen LogP contribution in [0, 0.1) is 11.8 Å². The van der Waals surface area contributed by atoms with Crippen molar-refractivity contribution in [3.63, 3.8) is 0 Å². The number of amides is 2. The number of hydrogen-bond acceptors (Lipinski definition) is 3. The van der Waals surface area contributed by atoms with E-state index < -0.39 is 0 Å². The van der Waals surface area contributed by atoms with E-state index in [1.165, 1.54) is 19.3 Å². The van der Waals surface area contributed by atoms with E-state index in [0.717, 1.165) is 38.5 Å². The Morgan fingerprint density at radius 2 is 1.22 bits per heavy atom. The van der Waals surface area contributed by atoms with Crippen molar-refractivity contribution in [3.05, 3.63) is 0 Å². The van der Waals surface area contributed by atoms with Crippen molar-refractivity contribution in [2.75, 3.05) is 26.2 Å². The molecule has 2 unspecified atom stereocenters. The molecule has 2 N–H and O–H groups in total. The summed E-state index contributed by atoms with van der Waals surface area (Å²) >= 11 is 0. The third-order valence-electron chi connectivity index (χ3n) is 5.92. The van der Waals surface area contributed by atoms with Gasteiger partial charge in [0.15, 0.2) is 0 Å². The van der Waals surface area contributed by atoms with Crippen LogP contribution in [0.3, 0.4) is 0 Å². The highest BCUT2D eigenvalue weighted by Crippen LogP contribution is 2.27. The zero-order valence-electron chi connectivity index (χ0n) is 14.2. The lowest BCUT2D eigenvalue weighted by Crippen LogP contribution is -2.53. The lowest BCUT2D eigenvalue weighted by molar-refractivity contribution is -0.145. The fourth-order valence-corrected chi connectivity index (χ4v) is 4.47. The van der Waals surface area contributed by atoms with Gasteiger partial charge in [0.05, 0.1) is 0 Å². The lowest BCUT2D eigenvalue weighted by Gasteiger charge is -2.39. The van der Waals surface area contributed by atoms with Crippen LogP contribution in [0.5, 0.6) is 0 Å². The molecule has 0 aromatic carbocycles. The quantitative estimate of drug-likeness (QED) is 0.842. The zero-order valence-corrected chi connectivity index (χ0v) is 14.2. The first-order valence-corrected chi connectivity index (χ1v) is 9.48. The largest absolute Gasteiger partial charge is 0.339 e. The Hall–Kier alpha value is -1.10. The van der Waals surface area contributed by atoms with Gasteiger partial charge in [0.25, 0.3) is 0 Å². The zero-order chi connectivity index (χ0) is 16.2. The van der Waals surface area contributed by atoms with Gasteiger partial charge in [-0.15, -0.1) is 0 Å². The standard InChI is InChI=1S/C18H31N3O2/c19-16-8-4-7-15(13-16)18(23)21-11-9-20(10-12-21)17(22)14-5-2-1-3-6-14/h14-16H,1-13,19H2. The molecule has 5 heteroatoms. The Balaban J connectivity index is 1.47. The predicted octanol–water partition coefficient (Wildman–Crippen LogP) is 1.75. The normalized spacial score (nSPS) is 30.3. The summed E-state index contributed by atoms with van der Waals surface area (Å²) in [4.78, 5) is 29.2. The van der Waals surface area contributed by atoms with E-state index in [4.69, 9.17) is 5.73 Å². The smallest absolute Gasteiger partial charge is 0.225 e. The summed E-state index contributed by atoms with van der Waals surface area (Å²) in [5.41, 5.74) is 6.01. The fourth-order valence-electron chi connectivity index (χ4n) is 4.47. The molecule has 2 atom stereocenters. The molecule has 5 nitrogen and oxygen atoms in total. The second-order valence-corrected chi connectivity index (χ2v) is 7.61. The molecule has 3 fully saturated rings. The van der Waals surface area contributed by atoms with Crippen LogP contribution in [0.15, 0.2) is 0 Å².